The summed E-state index contributed by atoms with van der Waals surface area (Å²) in [5.41, 5.74) is 0.476. The number of aromatic nitrogens is 1. The predicted octanol–water partition coefficient (Wildman–Crippen LogP) is 5.96. The average Bonchev–Trinajstić information content (AvgIpc) is 3.07. The van der Waals surface area contributed by atoms with Gasteiger partial charge in [-0.2, -0.15) is 0 Å². The Balaban J connectivity index is 1.44. The van der Waals surface area contributed by atoms with E-state index in [1.807, 2.05) is 13.0 Å². The summed E-state index contributed by atoms with van der Waals surface area (Å²) in [5.74, 6) is 3.18. The molecule has 4 fully saturated rings. The van der Waals surface area contributed by atoms with Gasteiger partial charge in [-0.05, 0) is 111 Å². The summed E-state index contributed by atoms with van der Waals surface area (Å²) in [6.45, 7) is 7.00. The number of aliphatic hydroxyl groups is 2. The molecule has 2 unspecified atom stereocenters. The molecule has 30 heavy (non-hydrogen) atoms. The second kappa shape index (κ2) is 7.18. The van der Waals surface area contributed by atoms with Crippen LogP contribution in [0, 0.1) is 40.4 Å². The number of nitrogens with zero attached hydrogens (tertiary/aromatic N) is 1. The average molecular weight is 432 g/mol. The third kappa shape index (κ3) is 2.94. The van der Waals surface area contributed by atoms with E-state index in [1.54, 1.807) is 12.4 Å². The third-order valence-corrected chi connectivity index (χ3v) is 10.9. The zero-order valence-corrected chi connectivity index (χ0v) is 19.5. The van der Waals surface area contributed by atoms with Gasteiger partial charge >= 0.3 is 0 Å². The van der Waals surface area contributed by atoms with Gasteiger partial charge in [0, 0.05) is 18.0 Å². The van der Waals surface area contributed by atoms with E-state index >= 15 is 0 Å². The highest BCUT2D eigenvalue weighted by Gasteiger charge is 2.62. The van der Waals surface area contributed by atoms with Crippen molar-refractivity contribution in [1.82, 2.24) is 4.98 Å². The first kappa shape index (κ1) is 21.2. The molecule has 0 aromatic carbocycles. The Hall–Kier alpha value is -0.640. The molecule has 5 rings (SSSR count). The van der Waals surface area contributed by atoms with E-state index in [-0.39, 0.29) is 17.4 Å². The summed E-state index contributed by atoms with van der Waals surface area (Å²) in [4.78, 5) is 4.13. The number of hydrogen-bond donors (Lipinski definition) is 2. The standard InChI is InChI=1S/C26H38ClNO2/c1-24-11-8-17(29)14-16(24)4-5-18-19-6-7-23(25(19,2)12-9-20(18)24)26(3,30)21-10-13-28-15-22(21)27/h10,13,15-20,23,29-30H,4-9,11-12,14H2,1-3H3/t16?,17-,18-,19-,20-,23-,24-,25-,26?/m0/s1. The Morgan fingerprint density at radius 3 is 2.53 bits per heavy atom. The van der Waals surface area contributed by atoms with Gasteiger partial charge in [0.1, 0.15) is 0 Å². The number of pyridine rings is 1. The van der Waals surface area contributed by atoms with Crippen molar-refractivity contribution in [3.63, 3.8) is 0 Å². The normalized spacial score (nSPS) is 47.7. The maximum Gasteiger partial charge on any atom is 0.0917 e. The molecule has 4 aliphatic carbocycles. The summed E-state index contributed by atoms with van der Waals surface area (Å²) in [7, 11) is 0. The molecule has 0 spiro atoms. The topological polar surface area (TPSA) is 53.4 Å². The molecule has 4 aliphatic rings. The van der Waals surface area contributed by atoms with Crippen LogP contribution in [-0.2, 0) is 5.60 Å². The molecule has 0 bridgehead atoms. The minimum Gasteiger partial charge on any atom is -0.393 e. The minimum atomic E-state index is -0.924. The molecule has 0 amide bonds. The summed E-state index contributed by atoms with van der Waals surface area (Å²) in [5, 5.41) is 22.6. The quantitative estimate of drug-likeness (QED) is 0.607. The van der Waals surface area contributed by atoms with E-state index in [9.17, 15) is 10.2 Å². The molecule has 9 atom stereocenters. The van der Waals surface area contributed by atoms with Crippen molar-refractivity contribution < 1.29 is 10.2 Å². The highest BCUT2D eigenvalue weighted by molar-refractivity contribution is 6.31. The van der Waals surface area contributed by atoms with Crippen molar-refractivity contribution in [2.75, 3.05) is 0 Å². The molecule has 1 aromatic rings. The van der Waals surface area contributed by atoms with Crippen LogP contribution in [0.25, 0.3) is 0 Å². The van der Waals surface area contributed by atoms with Gasteiger partial charge in [0.15, 0.2) is 0 Å². The van der Waals surface area contributed by atoms with E-state index in [0.717, 1.165) is 36.7 Å². The number of hydrogen-bond acceptors (Lipinski definition) is 3. The molecule has 166 valence electrons. The molecule has 0 saturated heterocycles. The summed E-state index contributed by atoms with van der Waals surface area (Å²) < 4.78 is 0. The lowest BCUT2D eigenvalue weighted by molar-refractivity contribution is -0.145. The lowest BCUT2D eigenvalue weighted by atomic mass is 9.44. The van der Waals surface area contributed by atoms with Crippen molar-refractivity contribution in [2.24, 2.45) is 40.4 Å². The number of rotatable bonds is 2. The highest BCUT2D eigenvalue weighted by atomic mass is 35.5. The number of fused-ring (bicyclic) bond motifs is 5. The van der Waals surface area contributed by atoms with Gasteiger partial charge in [-0.1, -0.05) is 25.4 Å². The third-order valence-electron chi connectivity index (χ3n) is 10.6. The van der Waals surface area contributed by atoms with Crippen LogP contribution >= 0.6 is 11.6 Å². The van der Waals surface area contributed by atoms with E-state index in [4.69, 9.17) is 11.6 Å². The molecule has 1 heterocycles. The number of aliphatic hydroxyl groups excluding tert-OH is 1. The van der Waals surface area contributed by atoms with Crippen molar-refractivity contribution in [3.05, 3.63) is 29.0 Å². The van der Waals surface area contributed by atoms with E-state index < -0.39 is 5.60 Å². The van der Waals surface area contributed by atoms with Crippen molar-refractivity contribution in [3.8, 4) is 0 Å². The Morgan fingerprint density at radius 1 is 1.03 bits per heavy atom. The Morgan fingerprint density at radius 2 is 1.77 bits per heavy atom. The lowest BCUT2D eigenvalue weighted by Crippen LogP contribution is -2.55. The van der Waals surface area contributed by atoms with E-state index in [0.29, 0.717) is 22.3 Å². The molecule has 4 heteroatoms. The lowest BCUT2D eigenvalue weighted by Gasteiger charge is -2.61. The second-order valence-corrected chi connectivity index (χ2v) is 12.2. The van der Waals surface area contributed by atoms with Crippen LogP contribution in [0.1, 0.15) is 84.1 Å². The second-order valence-electron chi connectivity index (χ2n) is 11.8. The van der Waals surface area contributed by atoms with Crippen LogP contribution in [-0.4, -0.2) is 21.3 Å². The smallest absolute Gasteiger partial charge is 0.0917 e. The number of halogens is 1. The molecule has 2 N–H and O–H groups in total. The predicted molar refractivity (Wildman–Crippen MR) is 120 cm³/mol. The Bertz CT molecular complexity index is 812. The molecular weight excluding hydrogens is 394 g/mol. The SMILES string of the molecule is CC(O)(c1ccncc1Cl)[C@H]1CC[C@H]2[C@@H]3CCC4C[C@@H](O)CC[C@]4(C)[C@H]3CC[C@]12C. The zero-order valence-electron chi connectivity index (χ0n) is 18.8. The summed E-state index contributed by atoms with van der Waals surface area (Å²) >= 11 is 6.48. The van der Waals surface area contributed by atoms with Gasteiger partial charge in [-0.25, -0.2) is 0 Å². The van der Waals surface area contributed by atoms with Gasteiger partial charge < -0.3 is 10.2 Å². The largest absolute Gasteiger partial charge is 0.393 e. The van der Waals surface area contributed by atoms with Crippen LogP contribution < -0.4 is 0 Å². The Labute approximate surface area is 186 Å². The van der Waals surface area contributed by atoms with Crippen LogP contribution in [0.4, 0.5) is 0 Å². The maximum absolute atomic E-state index is 11.8. The van der Waals surface area contributed by atoms with Crippen LogP contribution in [0.5, 0.6) is 0 Å². The summed E-state index contributed by atoms with van der Waals surface area (Å²) in [6.07, 6.45) is 13.9. The van der Waals surface area contributed by atoms with Crippen LogP contribution in [0.2, 0.25) is 5.02 Å². The maximum atomic E-state index is 11.8. The zero-order chi connectivity index (χ0) is 21.3. The Kier molecular flexibility index (Phi) is 5.08. The van der Waals surface area contributed by atoms with Gasteiger partial charge in [0.05, 0.1) is 16.7 Å². The monoisotopic (exact) mass is 431 g/mol. The van der Waals surface area contributed by atoms with Crippen molar-refractivity contribution in [2.45, 2.75) is 90.3 Å². The highest BCUT2D eigenvalue weighted by Crippen LogP contribution is 2.69. The molecule has 0 radical (unpaired) electrons. The van der Waals surface area contributed by atoms with Crippen molar-refractivity contribution in [1.29, 1.82) is 0 Å². The van der Waals surface area contributed by atoms with Gasteiger partial charge in [0.25, 0.3) is 0 Å². The fourth-order valence-electron chi connectivity index (χ4n) is 9.13. The van der Waals surface area contributed by atoms with E-state index in [2.05, 4.69) is 18.8 Å². The first-order chi connectivity index (χ1) is 14.2. The molecular formula is C26H38ClNO2. The van der Waals surface area contributed by atoms with Crippen LogP contribution in [0.15, 0.2) is 18.5 Å². The minimum absolute atomic E-state index is 0.0791. The summed E-state index contributed by atoms with van der Waals surface area (Å²) in [6, 6.07) is 1.91. The van der Waals surface area contributed by atoms with Crippen molar-refractivity contribution >= 4 is 11.6 Å². The molecule has 1 aromatic heterocycles. The fraction of sp³-hybridized carbons (Fsp3) is 0.808. The molecule has 4 saturated carbocycles. The van der Waals surface area contributed by atoms with Gasteiger partial charge in [-0.15, -0.1) is 0 Å². The molecule has 0 aliphatic heterocycles. The van der Waals surface area contributed by atoms with E-state index in [1.165, 1.54) is 38.5 Å². The first-order valence-electron chi connectivity index (χ1n) is 12.2. The first-order valence-corrected chi connectivity index (χ1v) is 12.6. The van der Waals surface area contributed by atoms with Gasteiger partial charge in [0.2, 0.25) is 0 Å². The fourth-order valence-corrected chi connectivity index (χ4v) is 9.44. The molecule has 3 nitrogen and oxygen atoms in total. The van der Waals surface area contributed by atoms with Gasteiger partial charge in [-0.3, -0.25) is 4.98 Å². The van der Waals surface area contributed by atoms with Crippen LogP contribution in [0.3, 0.4) is 0 Å².